The molecule has 0 saturated carbocycles. The lowest BCUT2D eigenvalue weighted by molar-refractivity contribution is 0.807. The quantitative estimate of drug-likeness (QED) is 0.484. The molecule has 0 bridgehead atoms. The largest absolute Gasteiger partial charge is 0.312 e. The van der Waals surface area contributed by atoms with Crippen molar-refractivity contribution < 1.29 is 0 Å². The van der Waals surface area contributed by atoms with Gasteiger partial charge in [-0.15, -0.1) is 18.3 Å². The molecule has 0 saturated heterocycles. The van der Waals surface area contributed by atoms with Crippen LogP contribution in [0.4, 0.5) is 0 Å². The van der Waals surface area contributed by atoms with E-state index in [4.69, 9.17) is 0 Å². The number of thioether (sulfide) groups is 1. The van der Waals surface area contributed by atoms with E-state index in [-0.39, 0.29) is 0 Å². The molecule has 1 N–H and O–H groups in total. The van der Waals surface area contributed by atoms with Gasteiger partial charge in [0.25, 0.3) is 0 Å². The van der Waals surface area contributed by atoms with Crippen LogP contribution in [-0.4, -0.2) is 18.8 Å². The summed E-state index contributed by atoms with van der Waals surface area (Å²) >= 11 is 5.28. The molecular formula is C11H14BrNS. The average molecular weight is 272 g/mol. The number of benzene rings is 1. The normalized spacial score (nSPS) is 10.1. The molecule has 0 unspecified atom stereocenters. The second-order valence-corrected chi connectivity index (χ2v) is 4.88. The minimum Gasteiger partial charge on any atom is -0.312 e. The predicted octanol–water partition coefficient (Wildman–Crippen LogP) is 3.32. The maximum Gasteiger partial charge on any atom is 0.0176 e. The first kappa shape index (κ1) is 11.8. The van der Waals surface area contributed by atoms with E-state index in [1.165, 1.54) is 4.90 Å². The summed E-state index contributed by atoms with van der Waals surface area (Å²) in [6, 6.07) is 8.39. The highest BCUT2D eigenvalue weighted by Gasteiger charge is 1.93. The molecular weight excluding hydrogens is 258 g/mol. The average Bonchev–Trinajstić information content (AvgIpc) is 2.21. The lowest BCUT2D eigenvalue weighted by Crippen LogP contribution is -2.16. The smallest absolute Gasteiger partial charge is 0.0176 e. The number of halogens is 1. The monoisotopic (exact) mass is 271 g/mol. The van der Waals surface area contributed by atoms with E-state index in [0.29, 0.717) is 0 Å². The van der Waals surface area contributed by atoms with Crippen LogP contribution in [0, 0.1) is 0 Å². The van der Waals surface area contributed by atoms with E-state index in [0.717, 1.165) is 23.3 Å². The third-order valence-electron chi connectivity index (χ3n) is 1.65. The summed E-state index contributed by atoms with van der Waals surface area (Å²) in [5.74, 6) is 1.09. The first-order valence-corrected chi connectivity index (χ1v) is 6.31. The minimum atomic E-state index is 0.890. The first-order valence-electron chi connectivity index (χ1n) is 4.53. The molecule has 1 aromatic carbocycles. The molecule has 1 aromatic rings. The van der Waals surface area contributed by atoms with Crippen molar-refractivity contribution in [3.8, 4) is 0 Å². The van der Waals surface area contributed by atoms with Gasteiger partial charge in [0.1, 0.15) is 0 Å². The van der Waals surface area contributed by atoms with E-state index >= 15 is 0 Å². The highest BCUT2D eigenvalue weighted by Crippen LogP contribution is 2.19. The third kappa shape index (κ3) is 4.84. The summed E-state index contributed by atoms with van der Waals surface area (Å²) in [4.78, 5) is 1.31. The second-order valence-electron chi connectivity index (χ2n) is 2.80. The number of nitrogens with one attached hydrogen (secondary N) is 1. The SMILES string of the molecule is C=CCNCCSc1ccc(Br)cc1. The highest BCUT2D eigenvalue weighted by molar-refractivity contribution is 9.10. The molecule has 0 aromatic heterocycles. The van der Waals surface area contributed by atoms with E-state index in [9.17, 15) is 0 Å². The fraction of sp³-hybridized carbons (Fsp3) is 0.273. The molecule has 3 heteroatoms. The Labute approximate surface area is 98.1 Å². The van der Waals surface area contributed by atoms with Crippen molar-refractivity contribution in [3.05, 3.63) is 41.4 Å². The van der Waals surface area contributed by atoms with E-state index in [1.54, 1.807) is 0 Å². The molecule has 0 aliphatic carbocycles. The van der Waals surface area contributed by atoms with Gasteiger partial charge in [0, 0.05) is 28.2 Å². The maximum absolute atomic E-state index is 3.65. The predicted molar refractivity (Wildman–Crippen MR) is 67.9 cm³/mol. The summed E-state index contributed by atoms with van der Waals surface area (Å²) in [6.07, 6.45) is 1.88. The number of hydrogen-bond donors (Lipinski definition) is 1. The van der Waals surface area contributed by atoms with Gasteiger partial charge in [0.2, 0.25) is 0 Å². The van der Waals surface area contributed by atoms with Crippen LogP contribution in [0.15, 0.2) is 46.3 Å². The minimum absolute atomic E-state index is 0.890. The summed E-state index contributed by atoms with van der Waals surface area (Å²) in [7, 11) is 0. The molecule has 0 spiro atoms. The molecule has 0 atom stereocenters. The van der Waals surface area contributed by atoms with Crippen molar-refractivity contribution in [1.82, 2.24) is 5.32 Å². The number of rotatable bonds is 6. The van der Waals surface area contributed by atoms with Gasteiger partial charge in [0.05, 0.1) is 0 Å². The van der Waals surface area contributed by atoms with Crippen LogP contribution in [0.1, 0.15) is 0 Å². The van der Waals surface area contributed by atoms with Gasteiger partial charge in [0.15, 0.2) is 0 Å². The van der Waals surface area contributed by atoms with Crippen molar-refractivity contribution in [2.24, 2.45) is 0 Å². The zero-order valence-corrected chi connectivity index (χ0v) is 10.4. The van der Waals surface area contributed by atoms with Crippen LogP contribution < -0.4 is 5.32 Å². The standard InChI is InChI=1S/C11H14BrNS/c1-2-7-13-8-9-14-11-5-3-10(12)4-6-11/h2-6,13H,1,7-9H2. The summed E-state index contributed by atoms with van der Waals surface area (Å²) in [5, 5.41) is 3.27. The zero-order chi connectivity index (χ0) is 10.2. The van der Waals surface area contributed by atoms with Crippen LogP contribution >= 0.6 is 27.7 Å². The van der Waals surface area contributed by atoms with Gasteiger partial charge in [-0.2, -0.15) is 0 Å². The van der Waals surface area contributed by atoms with Crippen molar-refractivity contribution in [1.29, 1.82) is 0 Å². The van der Waals surface area contributed by atoms with Crippen molar-refractivity contribution >= 4 is 27.7 Å². The highest BCUT2D eigenvalue weighted by atomic mass is 79.9. The van der Waals surface area contributed by atoms with E-state index < -0.39 is 0 Å². The molecule has 0 fully saturated rings. The Hall–Kier alpha value is -0.250. The van der Waals surface area contributed by atoms with E-state index in [2.05, 4.69) is 52.1 Å². The number of hydrogen-bond acceptors (Lipinski definition) is 2. The molecule has 0 aliphatic heterocycles. The Kier molecular flexibility index (Phi) is 5.99. The Morgan fingerprint density at radius 3 is 2.71 bits per heavy atom. The summed E-state index contributed by atoms with van der Waals surface area (Å²) < 4.78 is 1.13. The third-order valence-corrected chi connectivity index (χ3v) is 3.19. The fourth-order valence-corrected chi connectivity index (χ4v) is 2.05. The van der Waals surface area contributed by atoms with Crippen LogP contribution in [-0.2, 0) is 0 Å². The topological polar surface area (TPSA) is 12.0 Å². The van der Waals surface area contributed by atoms with E-state index in [1.807, 2.05) is 17.8 Å². The lowest BCUT2D eigenvalue weighted by atomic mass is 10.4. The van der Waals surface area contributed by atoms with Gasteiger partial charge >= 0.3 is 0 Å². The van der Waals surface area contributed by atoms with Crippen molar-refractivity contribution in [2.45, 2.75) is 4.90 Å². The molecule has 0 radical (unpaired) electrons. The van der Waals surface area contributed by atoms with Crippen molar-refractivity contribution in [2.75, 3.05) is 18.8 Å². The Bertz CT molecular complexity index is 271. The van der Waals surface area contributed by atoms with Gasteiger partial charge in [-0.05, 0) is 24.3 Å². The van der Waals surface area contributed by atoms with Crippen LogP contribution in [0.2, 0.25) is 0 Å². The van der Waals surface area contributed by atoms with Crippen molar-refractivity contribution in [3.63, 3.8) is 0 Å². The molecule has 1 rings (SSSR count). The fourth-order valence-electron chi connectivity index (χ4n) is 0.976. The molecule has 0 amide bonds. The molecule has 14 heavy (non-hydrogen) atoms. The lowest BCUT2D eigenvalue weighted by Gasteiger charge is -2.02. The first-order chi connectivity index (χ1) is 6.83. The molecule has 0 aliphatic rings. The van der Waals surface area contributed by atoms with Crippen LogP contribution in [0.25, 0.3) is 0 Å². The Morgan fingerprint density at radius 2 is 2.07 bits per heavy atom. The Morgan fingerprint density at radius 1 is 1.36 bits per heavy atom. The second kappa shape index (κ2) is 7.10. The van der Waals surface area contributed by atoms with Gasteiger partial charge in [-0.25, -0.2) is 0 Å². The van der Waals surface area contributed by atoms with Crippen LogP contribution in [0.5, 0.6) is 0 Å². The molecule has 76 valence electrons. The maximum atomic E-state index is 3.65. The molecule has 1 nitrogen and oxygen atoms in total. The zero-order valence-electron chi connectivity index (χ0n) is 8.00. The van der Waals surface area contributed by atoms with Gasteiger partial charge in [-0.3, -0.25) is 0 Å². The van der Waals surface area contributed by atoms with Gasteiger partial charge < -0.3 is 5.32 Å². The van der Waals surface area contributed by atoms with Gasteiger partial charge in [-0.1, -0.05) is 22.0 Å². The molecule has 0 heterocycles. The Balaban J connectivity index is 2.18. The summed E-state index contributed by atoms with van der Waals surface area (Å²) in [6.45, 7) is 5.56. The van der Waals surface area contributed by atoms with Crippen LogP contribution in [0.3, 0.4) is 0 Å². The summed E-state index contributed by atoms with van der Waals surface area (Å²) in [5.41, 5.74) is 0.